The molecular formula is C6H15N3O2. The second kappa shape index (κ2) is 4.15. The quantitative estimate of drug-likeness (QED) is 0.259. The molecule has 0 spiro atoms. The van der Waals surface area contributed by atoms with Crippen LogP contribution in [0.2, 0.25) is 0 Å². The van der Waals surface area contributed by atoms with Crippen molar-refractivity contribution in [3.8, 4) is 0 Å². The molecule has 0 radical (unpaired) electrons. The first-order valence-electron chi connectivity index (χ1n) is 3.42. The minimum atomic E-state index is -0.904. The minimum Gasteiger partial charge on any atom is -0.391 e. The van der Waals surface area contributed by atoms with Crippen molar-refractivity contribution in [1.82, 2.24) is 5.32 Å². The van der Waals surface area contributed by atoms with Crippen molar-refractivity contribution in [2.75, 3.05) is 0 Å². The standard InChI is InChI=1S/C6H15N3O2/c1-3(9-6(7)8)5(11)4(2)10/h3-5,10-11H,1-2H3,(H4,7,8,9). The first-order chi connectivity index (χ1) is 4.95. The van der Waals surface area contributed by atoms with Gasteiger partial charge in [0.05, 0.1) is 18.2 Å². The second-order valence-corrected chi connectivity index (χ2v) is 2.58. The lowest BCUT2D eigenvalue weighted by atomic mass is 10.1. The molecule has 3 unspecified atom stereocenters. The molecule has 0 saturated heterocycles. The van der Waals surface area contributed by atoms with Gasteiger partial charge in [-0.25, -0.2) is 0 Å². The first kappa shape index (κ1) is 10.2. The van der Waals surface area contributed by atoms with Gasteiger partial charge < -0.3 is 21.3 Å². The van der Waals surface area contributed by atoms with E-state index >= 15 is 0 Å². The summed E-state index contributed by atoms with van der Waals surface area (Å²) >= 11 is 0. The largest absolute Gasteiger partial charge is 0.391 e. The number of rotatable bonds is 3. The third kappa shape index (κ3) is 3.79. The maximum absolute atomic E-state index is 9.18. The zero-order chi connectivity index (χ0) is 9.02. The fourth-order valence-electron chi connectivity index (χ4n) is 0.748. The number of aliphatic hydroxyl groups excluding tert-OH is 2. The molecule has 0 aromatic carbocycles. The van der Waals surface area contributed by atoms with Crippen LogP contribution in [0.25, 0.3) is 0 Å². The van der Waals surface area contributed by atoms with E-state index in [0.29, 0.717) is 0 Å². The predicted molar refractivity (Wildman–Crippen MR) is 42.2 cm³/mol. The lowest BCUT2D eigenvalue weighted by Crippen LogP contribution is -2.47. The average molecular weight is 161 g/mol. The maximum Gasteiger partial charge on any atom is 0.186 e. The van der Waals surface area contributed by atoms with Crippen LogP contribution in [0.5, 0.6) is 0 Å². The summed E-state index contributed by atoms with van der Waals surface area (Å²) < 4.78 is 0. The lowest BCUT2D eigenvalue weighted by molar-refractivity contribution is 0.0146. The van der Waals surface area contributed by atoms with E-state index in [9.17, 15) is 5.11 Å². The highest BCUT2D eigenvalue weighted by atomic mass is 16.3. The van der Waals surface area contributed by atoms with Crippen LogP contribution in [0.15, 0.2) is 0 Å². The van der Waals surface area contributed by atoms with Gasteiger partial charge in [0.15, 0.2) is 5.96 Å². The highest BCUT2D eigenvalue weighted by Crippen LogP contribution is 1.97. The Morgan fingerprint density at radius 1 is 1.45 bits per heavy atom. The summed E-state index contributed by atoms with van der Waals surface area (Å²) in [5.41, 5.74) is 5.01. The van der Waals surface area contributed by atoms with E-state index in [2.05, 4.69) is 5.32 Å². The zero-order valence-corrected chi connectivity index (χ0v) is 6.70. The molecule has 5 heteroatoms. The molecule has 0 aromatic heterocycles. The Bertz CT molecular complexity index is 138. The average Bonchev–Trinajstić information content (AvgIpc) is 1.84. The van der Waals surface area contributed by atoms with Crippen molar-refractivity contribution >= 4 is 5.96 Å². The van der Waals surface area contributed by atoms with Crippen LogP contribution < -0.4 is 11.1 Å². The van der Waals surface area contributed by atoms with Crippen molar-refractivity contribution in [3.05, 3.63) is 0 Å². The van der Waals surface area contributed by atoms with Crippen LogP contribution in [0.3, 0.4) is 0 Å². The molecule has 5 nitrogen and oxygen atoms in total. The van der Waals surface area contributed by atoms with Gasteiger partial charge in [0.1, 0.15) is 0 Å². The summed E-state index contributed by atoms with van der Waals surface area (Å²) in [5.74, 6) is -0.211. The van der Waals surface area contributed by atoms with Crippen LogP contribution in [0.1, 0.15) is 13.8 Å². The Kier molecular flexibility index (Phi) is 3.84. The molecule has 0 saturated carbocycles. The summed E-state index contributed by atoms with van der Waals surface area (Å²) in [5, 5.41) is 27.4. The maximum atomic E-state index is 9.18. The SMILES string of the molecule is CC(O)C(O)C(C)NC(=N)N. The molecule has 0 aliphatic carbocycles. The molecule has 0 bridgehead atoms. The third-order valence-corrected chi connectivity index (χ3v) is 1.39. The molecule has 66 valence electrons. The van der Waals surface area contributed by atoms with E-state index in [-0.39, 0.29) is 5.96 Å². The van der Waals surface area contributed by atoms with Gasteiger partial charge in [0.2, 0.25) is 0 Å². The number of nitrogens with two attached hydrogens (primary N) is 1. The van der Waals surface area contributed by atoms with Gasteiger partial charge >= 0.3 is 0 Å². The molecule has 0 heterocycles. The van der Waals surface area contributed by atoms with Crippen molar-refractivity contribution in [3.63, 3.8) is 0 Å². The summed E-state index contributed by atoms with van der Waals surface area (Å²) in [6.45, 7) is 3.11. The Morgan fingerprint density at radius 3 is 2.18 bits per heavy atom. The highest BCUT2D eigenvalue weighted by Gasteiger charge is 2.18. The second-order valence-electron chi connectivity index (χ2n) is 2.58. The Labute approximate surface area is 65.7 Å². The predicted octanol–water partition coefficient (Wildman–Crippen LogP) is -1.40. The number of hydrogen-bond acceptors (Lipinski definition) is 3. The molecule has 0 fully saturated rings. The lowest BCUT2D eigenvalue weighted by Gasteiger charge is -2.22. The monoisotopic (exact) mass is 161 g/mol. The van der Waals surface area contributed by atoms with Crippen molar-refractivity contribution in [1.29, 1.82) is 5.41 Å². The minimum absolute atomic E-state index is 0.211. The molecule has 0 aliphatic heterocycles. The Morgan fingerprint density at radius 2 is 1.91 bits per heavy atom. The molecule has 0 aromatic rings. The fourth-order valence-corrected chi connectivity index (χ4v) is 0.748. The Hall–Kier alpha value is -0.810. The topological polar surface area (TPSA) is 102 Å². The van der Waals surface area contributed by atoms with E-state index in [4.69, 9.17) is 16.2 Å². The van der Waals surface area contributed by atoms with E-state index in [0.717, 1.165) is 0 Å². The van der Waals surface area contributed by atoms with E-state index < -0.39 is 18.2 Å². The van der Waals surface area contributed by atoms with Crippen molar-refractivity contribution in [2.45, 2.75) is 32.1 Å². The molecule has 0 aliphatic rings. The molecule has 11 heavy (non-hydrogen) atoms. The normalized spacial score (nSPS) is 18.5. The smallest absolute Gasteiger partial charge is 0.186 e. The summed E-state index contributed by atoms with van der Waals surface area (Å²) in [4.78, 5) is 0. The molecule has 0 amide bonds. The fraction of sp³-hybridized carbons (Fsp3) is 0.833. The summed E-state index contributed by atoms with van der Waals surface area (Å²) in [6, 6.07) is -0.410. The van der Waals surface area contributed by atoms with Gasteiger partial charge in [-0.2, -0.15) is 0 Å². The van der Waals surface area contributed by atoms with E-state index in [1.165, 1.54) is 6.92 Å². The van der Waals surface area contributed by atoms with Gasteiger partial charge in [0, 0.05) is 0 Å². The molecule has 6 N–H and O–H groups in total. The van der Waals surface area contributed by atoms with Crippen molar-refractivity contribution < 1.29 is 10.2 Å². The van der Waals surface area contributed by atoms with Gasteiger partial charge in [-0.05, 0) is 13.8 Å². The number of aliphatic hydroxyl groups is 2. The third-order valence-electron chi connectivity index (χ3n) is 1.39. The Balaban J connectivity index is 3.82. The first-order valence-corrected chi connectivity index (χ1v) is 3.42. The van der Waals surface area contributed by atoms with Crippen LogP contribution in [-0.4, -0.2) is 34.4 Å². The van der Waals surface area contributed by atoms with E-state index in [1.54, 1.807) is 6.92 Å². The molecule has 0 rings (SSSR count). The van der Waals surface area contributed by atoms with Gasteiger partial charge in [-0.1, -0.05) is 0 Å². The van der Waals surface area contributed by atoms with Crippen LogP contribution >= 0.6 is 0 Å². The van der Waals surface area contributed by atoms with Gasteiger partial charge in [-0.15, -0.1) is 0 Å². The highest BCUT2D eigenvalue weighted by molar-refractivity contribution is 5.74. The summed E-state index contributed by atoms with van der Waals surface area (Å²) in [6.07, 6.45) is -1.73. The molecular weight excluding hydrogens is 146 g/mol. The van der Waals surface area contributed by atoms with Crippen LogP contribution in [0, 0.1) is 5.41 Å². The van der Waals surface area contributed by atoms with Crippen LogP contribution in [0.4, 0.5) is 0 Å². The number of guanidine groups is 1. The van der Waals surface area contributed by atoms with E-state index in [1.807, 2.05) is 0 Å². The zero-order valence-electron chi connectivity index (χ0n) is 6.70. The number of hydrogen-bond donors (Lipinski definition) is 5. The summed E-state index contributed by atoms with van der Waals surface area (Å²) in [7, 11) is 0. The van der Waals surface area contributed by atoms with Gasteiger partial charge in [0.25, 0.3) is 0 Å². The van der Waals surface area contributed by atoms with Gasteiger partial charge in [-0.3, -0.25) is 5.41 Å². The van der Waals surface area contributed by atoms with Crippen molar-refractivity contribution in [2.24, 2.45) is 5.73 Å². The molecule has 3 atom stereocenters. The number of nitrogens with one attached hydrogen (secondary N) is 2. The van der Waals surface area contributed by atoms with Crippen LogP contribution in [-0.2, 0) is 0 Å².